The van der Waals surface area contributed by atoms with Gasteiger partial charge in [0.15, 0.2) is 0 Å². The number of alkyl halides is 1. The molecule has 0 saturated heterocycles. The number of nitrogens with zero attached hydrogens (tertiary/aromatic N) is 3. The van der Waals surface area contributed by atoms with Crippen molar-refractivity contribution < 1.29 is 19.2 Å². The predicted molar refractivity (Wildman–Crippen MR) is 55.4 cm³/mol. The maximum absolute atomic E-state index is 13.4. The number of carboxylic acids is 1. The lowest BCUT2D eigenvalue weighted by molar-refractivity contribution is -0.386. The summed E-state index contributed by atoms with van der Waals surface area (Å²) in [6.07, 6.45) is -2.02. The summed E-state index contributed by atoms with van der Waals surface area (Å²) in [4.78, 5) is 20.7. The summed E-state index contributed by atoms with van der Waals surface area (Å²) in [5.74, 6) is -1.72. The van der Waals surface area contributed by atoms with Crippen LogP contribution in [-0.4, -0.2) is 25.8 Å². The maximum Gasteiger partial charge on any atom is 0.361 e. The van der Waals surface area contributed by atoms with Gasteiger partial charge < -0.3 is 5.11 Å². The van der Waals surface area contributed by atoms with Gasteiger partial charge in [0, 0.05) is 0 Å². The van der Waals surface area contributed by atoms with E-state index in [2.05, 4.69) is 5.10 Å². The van der Waals surface area contributed by atoms with E-state index in [0.717, 1.165) is 0 Å². The number of carbonyl (C=O) groups is 1. The molecule has 0 fully saturated rings. The average Bonchev–Trinajstić information content (AvgIpc) is 2.65. The lowest BCUT2D eigenvalue weighted by atomic mass is 10.2. The Kier molecular flexibility index (Phi) is 3.77. The van der Waals surface area contributed by atoms with Gasteiger partial charge in [-0.15, -0.1) is 0 Å². The summed E-state index contributed by atoms with van der Waals surface area (Å²) in [6, 6.07) is 0. The Bertz CT molecular complexity index is 457. The topological polar surface area (TPSA) is 98.3 Å². The molecule has 1 aromatic rings. The van der Waals surface area contributed by atoms with Gasteiger partial charge >= 0.3 is 11.7 Å². The fourth-order valence-electron chi connectivity index (χ4n) is 1.58. The number of aliphatic carboxylic acids is 1. The van der Waals surface area contributed by atoms with Crippen molar-refractivity contribution in [1.82, 2.24) is 9.78 Å². The van der Waals surface area contributed by atoms with Crippen molar-refractivity contribution in [1.29, 1.82) is 0 Å². The Hall–Kier alpha value is -1.99. The van der Waals surface area contributed by atoms with E-state index in [1.165, 1.54) is 0 Å². The van der Waals surface area contributed by atoms with Gasteiger partial charge in [-0.1, -0.05) is 13.8 Å². The SMILES string of the molecule is CCc1nn(C(F)C(=O)O)c(CC)c1[N+](=O)[O-]. The molecule has 0 radical (unpaired) electrons. The van der Waals surface area contributed by atoms with E-state index >= 15 is 0 Å². The van der Waals surface area contributed by atoms with Gasteiger partial charge in [0.25, 0.3) is 6.30 Å². The maximum atomic E-state index is 13.4. The summed E-state index contributed by atoms with van der Waals surface area (Å²) >= 11 is 0. The Balaban J connectivity index is 3.42. The van der Waals surface area contributed by atoms with Gasteiger partial charge in [0.2, 0.25) is 0 Å². The monoisotopic (exact) mass is 245 g/mol. The summed E-state index contributed by atoms with van der Waals surface area (Å²) in [5, 5.41) is 23.1. The highest BCUT2D eigenvalue weighted by molar-refractivity contribution is 5.70. The molecule has 0 saturated carbocycles. The van der Waals surface area contributed by atoms with Crippen molar-refractivity contribution >= 4 is 11.7 Å². The first-order valence-corrected chi connectivity index (χ1v) is 5.05. The third-order valence-electron chi connectivity index (χ3n) is 2.32. The molecule has 1 rings (SSSR count). The van der Waals surface area contributed by atoms with Crippen molar-refractivity contribution in [3.05, 3.63) is 21.5 Å². The molecule has 0 spiro atoms. The minimum absolute atomic E-state index is 0.0123. The molecular weight excluding hydrogens is 233 g/mol. The van der Waals surface area contributed by atoms with Gasteiger partial charge in [0.05, 0.1) is 4.92 Å². The van der Waals surface area contributed by atoms with Crippen LogP contribution in [0.4, 0.5) is 10.1 Å². The van der Waals surface area contributed by atoms with E-state index in [-0.39, 0.29) is 29.9 Å². The lowest BCUT2D eigenvalue weighted by Gasteiger charge is -2.05. The second-order valence-electron chi connectivity index (χ2n) is 3.32. The number of aromatic nitrogens is 2. The molecule has 8 heteroatoms. The molecule has 1 unspecified atom stereocenters. The molecule has 0 bridgehead atoms. The Labute approximate surface area is 96.0 Å². The zero-order chi connectivity index (χ0) is 13.2. The average molecular weight is 245 g/mol. The summed E-state index contributed by atoms with van der Waals surface area (Å²) in [7, 11) is 0. The minimum Gasteiger partial charge on any atom is -0.478 e. The van der Waals surface area contributed by atoms with Crippen LogP contribution in [-0.2, 0) is 17.6 Å². The zero-order valence-corrected chi connectivity index (χ0v) is 9.38. The molecule has 0 aromatic carbocycles. The van der Waals surface area contributed by atoms with E-state index in [1.807, 2.05) is 0 Å². The van der Waals surface area contributed by atoms with Gasteiger partial charge in [-0.05, 0) is 12.8 Å². The first kappa shape index (κ1) is 13.1. The quantitative estimate of drug-likeness (QED) is 0.625. The number of aryl methyl sites for hydroxylation is 1. The number of rotatable bonds is 5. The fourth-order valence-corrected chi connectivity index (χ4v) is 1.58. The summed E-state index contributed by atoms with van der Waals surface area (Å²) in [6.45, 7) is 3.21. The van der Waals surface area contributed by atoms with Crippen LogP contribution in [0.3, 0.4) is 0 Å². The second-order valence-corrected chi connectivity index (χ2v) is 3.32. The third-order valence-corrected chi connectivity index (χ3v) is 2.32. The summed E-state index contributed by atoms with van der Waals surface area (Å²) in [5.41, 5.74) is -0.212. The highest BCUT2D eigenvalue weighted by atomic mass is 19.1. The zero-order valence-electron chi connectivity index (χ0n) is 9.38. The van der Waals surface area contributed by atoms with Gasteiger partial charge in [0.1, 0.15) is 11.4 Å². The highest BCUT2D eigenvalue weighted by Gasteiger charge is 2.31. The van der Waals surface area contributed by atoms with Crippen molar-refractivity contribution in [3.8, 4) is 0 Å². The van der Waals surface area contributed by atoms with Crippen LogP contribution in [0.2, 0.25) is 0 Å². The van der Waals surface area contributed by atoms with Gasteiger partial charge in [-0.2, -0.15) is 5.10 Å². The van der Waals surface area contributed by atoms with Crippen LogP contribution < -0.4 is 0 Å². The van der Waals surface area contributed by atoms with Crippen molar-refractivity contribution in [2.45, 2.75) is 33.0 Å². The van der Waals surface area contributed by atoms with Gasteiger partial charge in [-0.25, -0.2) is 13.9 Å². The largest absolute Gasteiger partial charge is 0.478 e. The van der Waals surface area contributed by atoms with Crippen LogP contribution in [0.25, 0.3) is 0 Å². The molecule has 0 aliphatic heterocycles. The second kappa shape index (κ2) is 4.89. The molecule has 17 heavy (non-hydrogen) atoms. The molecule has 1 N–H and O–H groups in total. The van der Waals surface area contributed by atoms with E-state index in [9.17, 15) is 19.3 Å². The van der Waals surface area contributed by atoms with Crippen LogP contribution in [0.5, 0.6) is 0 Å². The molecule has 0 aliphatic carbocycles. The van der Waals surface area contributed by atoms with Crippen molar-refractivity contribution in [3.63, 3.8) is 0 Å². The highest BCUT2D eigenvalue weighted by Crippen LogP contribution is 2.27. The van der Waals surface area contributed by atoms with Crippen molar-refractivity contribution in [2.24, 2.45) is 0 Å². The number of hydrogen-bond acceptors (Lipinski definition) is 4. The molecule has 0 aliphatic rings. The third kappa shape index (κ3) is 2.24. The van der Waals surface area contributed by atoms with E-state index in [4.69, 9.17) is 5.11 Å². The number of halogens is 1. The molecule has 1 heterocycles. The normalized spacial score (nSPS) is 12.4. The van der Waals surface area contributed by atoms with E-state index in [1.54, 1.807) is 13.8 Å². The summed E-state index contributed by atoms with van der Waals surface area (Å²) < 4.78 is 13.9. The van der Waals surface area contributed by atoms with Crippen LogP contribution in [0.1, 0.15) is 31.5 Å². The standard InChI is InChI=1S/C9H12FN3O4/c1-3-5-7(13(16)17)6(4-2)12(11-5)8(10)9(14)15/h8H,3-4H2,1-2H3,(H,14,15). The van der Waals surface area contributed by atoms with Crippen LogP contribution >= 0.6 is 0 Å². The predicted octanol–water partition coefficient (Wildman–Crippen LogP) is 1.47. The lowest BCUT2D eigenvalue weighted by Crippen LogP contribution is -2.18. The molecule has 0 amide bonds. The van der Waals surface area contributed by atoms with Crippen LogP contribution in [0.15, 0.2) is 0 Å². The first-order valence-electron chi connectivity index (χ1n) is 5.05. The van der Waals surface area contributed by atoms with Gasteiger partial charge in [-0.3, -0.25) is 10.1 Å². The molecule has 94 valence electrons. The minimum atomic E-state index is -2.40. The fraction of sp³-hybridized carbons (Fsp3) is 0.556. The Morgan fingerprint density at radius 2 is 2.18 bits per heavy atom. The molecular formula is C9H12FN3O4. The molecule has 1 atom stereocenters. The smallest absolute Gasteiger partial charge is 0.361 e. The Morgan fingerprint density at radius 3 is 2.53 bits per heavy atom. The number of carboxylic acid groups (broad SMARTS) is 1. The molecule has 7 nitrogen and oxygen atoms in total. The first-order chi connectivity index (χ1) is 7.93. The number of nitro groups is 1. The molecule has 1 aromatic heterocycles. The van der Waals surface area contributed by atoms with E-state index in [0.29, 0.717) is 4.68 Å². The Morgan fingerprint density at radius 1 is 1.59 bits per heavy atom. The van der Waals surface area contributed by atoms with Crippen LogP contribution in [0, 0.1) is 10.1 Å². The van der Waals surface area contributed by atoms with Crippen molar-refractivity contribution in [2.75, 3.05) is 0 Å². The number of hydrogen-bond donors (Lipinski definition) is 1. The van der Waals surface area contributed by atoms with E-state index < -0.39 is 17.2 Å².